The van der Waals surface area contributed by atoms with Crippen molar-refractivity contribution < 1.29 is 13.5 Å². The van der Waals surface area contributed by atoms with Gasteiger partial charge in [-0.1, -0.05) is 0 Å². The molecule has 2 rings (SSSR count). The molecule has 0 atom stereocenters. The van der Waals surface area contributed by atoms with E-state index in [-0.39, 0.29) is 11.8 Å². The molecule has 2 aromatic heterocycles. The summed E-state index contributed by atoms with van der Waals surface area (Å²) in [6.07, 6.45) is 4.21. The van der Waals surface area contributed by atoms with Crippen molar-refractivity contribution in [2.75, 3.05) is 12.9 Å². The van der Waals surface area contributed by atoms with Gasteiger partial charge in [-0.2, -0.15) is 5.10 Å². The average Bonchev–Trinajstić information content (AvgIpc) is 2.81. The van der Waals surface area contributed by atoms with E-state index in [9.17, 15) is 13.5 Å². The maximum atomic E-state index is 11.5. The van der Waals surface area contributed by atoms with Gasteiger partial charge in [-0.05, 0) is 42.5 Å². The first kappa shape index (κ1) is 16.3. The van der Waals surface area contributed by atoms with E-state index in [4.69, 9.17) is 0 Å². The molecule has 0 saturated heterocycles. The molecule has 0 radical (unpaired) electrons. The van der Waals surface area contributed by atoms with Crippen molar-refractivity contribution in [1.29, 1.82) is 0 Å². The Balaban J connectivity index is 2.54. The van der Waals surface area contributed by atoms with Crippen molar-refractivity contribution in [3.8, 4) is 11.3 Å². The maximum absolute atomic E-state index is 11.5. The number of halogens is 1. The lowest BCUT2D eigenvalue weighted by atomic mass is 10.1. The van der Waals surface area contributed by atoms with Crippen molar-refractivity contribution in [2.45, 2.75) is 24.5 Å². The van der Waals surface area contributed by atoms with Crippen LogP contribution >= 0.6 is 22.6 Å². The van der Waals surface area contributed by atoms with E-state index < -0.39 is 15.4 Å². The molecular weight excluding hydrogens is 407 g/mol. The van der Waals surface area contributed by atoms with Crippen LogP contribution in [-0.4, -0.2) is 46.1 Å². The summed E-state index contributed by atoms with van der Waals surface area (Å²) in [5.74, 6) is 0. The number of aliphatic hydroxyl groups is 1. The molecule has 2 heterocycles. The predicted octanol–water partition coefficient (Wildman–Crippen LogP) is 1.08. The Bertz CT molecular complexity index is 771. The molecule has 2 aromatic rings. The zero-order valence-electron chi connectivity index (χ0n) is 11.8. The molecule has 1 N–H and O–H groups in total. The highest BCUT2D eigenvalue weighted by molar-refractivity contribution is 14.1. The van der Waals surface area contributed by atoms with Crippen LogP contribution in [0.4, 0.5) is 0 Å². The topological polar surface area (TPSA) is 98.0 Å². The van der Waals surface area contributed by atoms with E-state index >= 15 is 0 Å². The van der Waals surface area contributed by atoms with Gasteiger partial charge in [-0.15, -0.1) is 0 Å². The summed E-state index contributed by atoms with van der Waals surface area (Å²) in [5.41, 5.74) is 0.629. The van der Waals surface area contributed by atoms with Gasteiger partial charge in [0.1, 0.15) is 3.70 Å². The Morgan fingerprint density at radius 3 is 2.67 bits per heavy atom. The van der Waals surface area contributed by atoms with Crippen LogP contribution < -0.4 is 0 Å². The summed E-state index contributed by atoms with van der Waals surface area (Å²) in [5, 5.41) is 13.5. The van der Waals surface area contributed by atoms with E-state index in [1.165, 1.54) is 6.20 Å². The molecule has 0 amide bonds. The average molecular weight is 422 g/mol. The van der Waals surface area contributed by atoms with Crippen LogP contribution in [0.15, 0.2) is 23.6 Å². The summed E-state index contributed by atoms with van der Waals surface area (Å²) >= 11 is 2.05. The summed E-state index contributed by atoms with van der Waals surface area (Å²) in [6, 6.07) is 1.63. The molecule has 0 aromatic carbocycles. The Hall–Kier alpha value is -1.07. The van der Waals surface area contributed by atoms with Gasteiger partial charge in [0.05, 0.1) is 23.4 Å². The van der Waals surface area contributed by atoms with Gasteiger partial charge in [-0.3, -0.25) is 4.68 Å². The first-order valence-electron chi connectivity index (χ1n) is 6.05. The fourth-order valence-electron chi connectivity index (χ4n) is 1.58. The minimum Gasteiger partial charge on any atom is -0.394 e. The zero-order valence-corrected chi connectivity index (χ0v) is 14.8. The molecule has 9 heteroatoms. The molecule has 7 nitrogen and oxygen atoms in total. The molecule has 0 unspecified atom stereocenters. The van der Waals surface area contributed by atoms with Crippen molar-refractivity contribution in [3.05, 3.63) is 22.2 Å². The Morgan fingerprint density at radius 1 is 1.43 bits per heavy atom. The van der Waals surface area contributed by atoms with E-state index in [2.05, 4.69) is 37.7 Å². The van der Waals surface area contributed by atoms with Crippen LogP contribution in [-0.2, 0) is 15.4 Å². The Kier molecular flexibility index (Phi) is 4.36. The quantitative estimate of drug-likeness (QED) is 0.585. The number of hydrogen-bond acceptors (Lipinski definition) is 6. The third kappa shape index (κ3) is 3.40. The second kappa shape index (κ2) is 5.61. The molecule has 114 valence electrons. The number of hydrogen-bond donors (Lipinski definition) is 1. The lowest BCUT2D eigenvalue weighted by molar-refractivity contribution is 0.152. The second-order valence-electron chi connectivity index (χ2n) is 5.25. The second-order valence-corrected chi connectivity index (χ2v) is 8.18. The largest absolute Gasteiger partial charge is 0.394 e. The molecule has 21 heavy (non-hydrogen) atoms. The molecule has 0 fully saturated rings. The molecule has 0 aliphatic carbocycles. The monoisotopic (exact) mass is 422 g/mol. The summed E-state index contributed by atoms with van der Waals surface area (Å²) < 4.78 is 25.4. The van der Waals surface area contributed by atoms with E-state index in [1.54, 1.807) is 16.9 Å². The number of nitrogens with zero attached hydrogens (tertiary/aromatic N) is 4. The van der Waals surface area contributed by atoms with Crippen molar-refractivity contribution in [2.24, 2.45) is 0 Å². The highest BCUT2D eigenvalue weighted by atomic mass is 127. The van der Waals surface area contributed by atoms with Gasteiger partial charge in [0.25, 0.3) is 0 Å². The summed E-state index contributed by atoms with van der Waals surface area (Å²) in [4.78, 5) is 7.85. The van der Waals surface area contributed by atoms with Crippen LogP contribution in [0, 0.1) is 3.70 Å². The molecule has 0 aliphatic heterocycles. The van der Waals surface area contributed by atoms with E-state index in [1.807, 2.05) is 13.8 Å². The zero-order chi connectivity index (χ0) is 15.8. The van der Waals surface area contributed by atoms with Crippen LogP contribution in [0.25, 0.3) is 11.3 Å². The van der Waals surface area contributed by atoms with Gasteiger partial charge < -0.3 is 5.11 Å². The van der Waals surface area contributed by atoms with Crippen molar-refractivity contribution in [3.63, 3.8) is 0 Å². The first-order chi connectivity index (χ1) is 9.65. The van der Waals surface area contributed by atoms with Gasteiger partial charge in [0, 0.05) is 18.6 Å². The van der Waals surface area contributed by atoms with Gasteiger partial charge in [0.2, 0.25) is 15.0 Å². The number of aliphatic hydroxyl groups excluding tert-OH is 1. The SMILES string of the molecule is CC(C)(CO)n1cc(-c2ccnc(S(C)(=O)=O)n2)c(I)n1. The van der Waals surface area contributed by atoms with Crippen molar-refractivity contribution in [1.82, 2.24) is 19.7 Å². The lowest BCUT2D eigenvalue weighted by Crippen LogP contribution is -2.30. The standard InChI is InChI=1S/C12H15IN4O3S/c1-12(2,7-18)17-6-8(10(13)16-17)9-4-5-14-11(15-9)21(3,19)20/h4-6,18H,7H2,1-3H3. The van der Waals surface area contributed by atoms with Crippen LogP contribution in [0.1, 0.15) is 13.8 Å². The Morgan fingerprint density at radius 2 is 2.10 bits per heavy atom. The minimum atomic E-state index is -3.46. The molecule has 0 spiro atoms. The number of aromatic nitrogens is 4. The number of rotatable bonds is 4. The van der Waals surface area contributed by atoms with Gasteiger partial charge in [0.15, 0.2) is 0 Å². The highest BCUT2D eigenvalue weighted by Gasteiger charge is 2.23. The molecule has 0 saturated carbocycles. The maximum Gasteiger partial charge on any atom is 0.247 e. The third-order valence-corrected chi connectivity index (χ3v) is 4.57. The third-order valence-electron chi connectivity index (χ3n) is 2.92. The molecule has 0 bridgehead atoms. The Labute approximate surface area is 136 Å². The minimum absolute atomic E-state index is 0.0669. The first-order valence-corrected chi connectivity index (χ1v) is 9.02. The highest BCUT2D eigenvalue weighted by Crippen LogP contribution is 2.26. The molecular formula is C12H15IN4O3S. The fourth-order valence-corrected chi connectivity index (χ4v) is 2.74. The van der Waals surface area contributed by atoms with Crippen molar-refractivity contribution >= 4 is 32.4 Å². The van der Waals surface area contributed by atoms with E-state index in [0.717, 1.165) is 6.26 Å². The summed E-state index contributed by atoms with van der Waals surface area (Å²) in [7, 11) is -3.46. The normalized spacial score (nSPS) is 12.6. The number of sulfone groups is 1. The van der Waals surface area contributed by atoms with Gasteiger partial charge >= 0.3 is 0 Å². The summed E-state index contributed by atoms with van der Waals surface area (Å²) in [6.45, 7) is 3.63. The van der Waals surface area contributed by atoms with E-state index in [0.29, 0.717) is 15.0 Å². The van der Waals surface area contributed by atoms with Crippen LogP contribution in [0.3, 0.4) is 0 Å². The van der Waals surface area contributed by atoms with Crippen LogP contribution in [0.5, 0.6) is 0 Å². The fraction of sp³-hybridized carbons (Fsp3) is 0.417. The predicted molar refractivity (Wildman–Crippen MR) is 85.5 cm³/mol. The van der Waals surface area contributed by atoms with Gasteiger partial charge in [-0.25, -0.2) is 18.4 Å². The lowest BCUT2D eigenvalue weighted by Gasteiger charge is -2.22. The molecule has 0 aliphatic rings. The smallest absolute Gasteiger partial charge is 0.247 e. The van der Waals surface area contributed by atoms with Crippen LogP contribution in [0.2, 0.25) is 0 Å².